The van der Waals surface area contributed by atoms with Gasteiger partial charge in [-0.15, -0.1) is 0 Å². The summed E-state index contributed by atoms with van der Waals surface area (Å²) in [6.07, 6.45) is 3.94. The number of amides is 1. The maximum Gasteiger partial charge on any atom is 0.356 e. The zero-order chi connectivity index (χ0) is 21.7. The second-order valence-electron chi connectivity index (χ2n) is 6.71. The van der Waals surface area contributed by atoms with Gasteiger partial charge in [-0.05, 0) is 43.2 Å². The molecule has 2 aromatic rings. The fraction of sp³-hybridized carbons (Fsp3) is 0.350. The Bertz CT molecular complexity index is 1050. The molecule has 1 N–H and O–H groups in total. The number of hydrogen-bond donors (Lipinski definition) is 1. The van der Waals surface area contributed by atoms with Crippen LogP contribution in [0.25, 0.3) is 0 Å². The van der Waals surface area contributed by atoms with Crippen molar-refractivity contribution in [3.05, 3.63) is 47.8 Å². The lowest BCUT2D eigenvalue weighted by Crippen LogP contribution is -2.35. The summed E-state index contributed by atoms with van der Waals surface area (Å²) in [4.78, 5) is 28.1. The van der Waals surface area contributed by atoms with Crippen LogP contribution in [-0.4, -0.2) is 56.9 Å². The molecule has 0 radical (unpaired) electrons. The van der Waals surface area contributed by atoms with E-state index in [-0.39, 0.29) is 27.6 Å². The maximum absolute atomic E-state index is 13.1. The van der Waals surface area contributed by atoms with Crippen LogP contribution >= 0.6 is 0 Å². The molecule has 30 heavy (non-hydrogen) atoms. The van der Waals surface area contributed by atoms with Gasteiger partial charge in [-0.3, -0.25) is 4.79 Å². The van der Waals surface area contributed by atoms with Gasteiger partial charge in [-0.25, -0.2) is 18.2 Å². The molecule has 2 heterocycles. The first-order valence-electron chi connectivity index (χ1n) is 9.40. The van der Waals surface area contributed by atoms with Gasteiger partial charge in [0.1, 0.15) is 16.3 Å². The first kappa shape index (κ1) is 21.7. The Kier molecular flexibility index (Phi) is 6.68. The highest BCUT2D eigenvalue weighted by molar-refractivity contribution is 7.89. The van der Waals surface area contributed by atoms with Gasteiger partial charge in [-0.2, -0.15) is 4.31 Å². The van der Waals surface area contributed by atoms with Crippen LogP contribution in [0, 0.1) is 0 Å². The summed E-state index contributed by atoms with van der Waals surface area (Å²) in [5, 5.41) is 2.65. The summed E-state index contributed by atoms with van der Waals surface area (Å²) in [6, 6.07) is 7.17. The molecule has 0 unspecified atom stereocenters. The second kappa shape index (κ2) is 9.23. The highest BCUT2D eigenvalue weighted by atomic mass is 32.2. The Hall–Kier alpha value is -2.98. The number of sulfonamides is 1. The van der Waals surface area contributed by atoms with Crippen LogP contribution in [0.15, 0.2) is 41.4 Å². The zero-order valence-corrected chi connectivity index (χ0v) is 17.6. The molecule has 3 rings (SSSR count). The molecular formula is C20H23N3O6S. The monoisotopic (exact) mass is 433 g/mol. The first-order chi connectivity index (χ1) is 14.4. The SMILES string of the molecule is COC(=O)c1cc(C(=O)Nc2ccc(OC)c(S(=O)(=O)N3CCCCC3)c2)ccn1. The van der Waals surface area contributed by atoms with Crippen molar-refractivity contribution in [1.29, 1.82) is 0 Å². The molecule has 1 fully saturated rings. The van der Waals surface area contributed by atoms with E-state index in [9.17, 15) is 18.0 Å². The molecule has 1 aromatic heterocycles. The molecule has 1 amide bonds. The standard InChI is InChI=1S/C20H23N3O6S/c1-28-17-7-6-15(13-18(17)30(26,27)23-10-4-3-5-11-23)22-19(24)14-8-9-21-16(12-14)20(25)29-2/h6-9,12-13H,3-5,10-11H2,1-2H3,(H,22,24). The number of aromatic nitrogens is 1. The molecule has 0 bridgehead atoms. The highest BCUT2D eigenvalue weighted by Crippen LogP contribution is 2.31. The molecule has 0 aliphatic carbocycles. The largest absolute Gasteiger partial charge is 0.495 e. The number of carbonyl (C=O) groups excluding carboxylic acids is 2. The van der Waals surface area contributed by atoms with E-state index in [2.05, 4.69) is 15.0 Å². The van der Waals surface area contributed by atoms with Gasteiger partial charge in [0.15, 0.2) is 0 Å². The van der Waals surface area contributed by atoms with E-state index < -0.39 is 21.9 Å². The van der Waals surface area contributed by atoms with Crippen LogP contribution in [0.1, 0.15) is 40.1 Å². The highest BCUT2D eigenvalue weighted by Gasteiger charge is 2.29. The Morgan fingerprint density at radius 2 is 1.80 bits per heavy atom. The van der Waals surface area contributed by atoms with E-state index in [4.69, 9.17) is 4.74 Å². The molecule has 1 aromatic carbocycles. The first-order valence-corrected chi connectivity index (χ1v) is 10.8. The molecule has 1 aliphatic rings. The van der Waals surface area contributed by atoms with Gasteiger partial charge in [0.05, 0.1) is 14.2 Å². The number of pyridine rings is 1. The van der Waals surface area contributed by atoms with Crippen molar-refractivity contribution in [3.63, 3.8) is 0 Å². The molecule has 10 heteroatoms. The van der Waals surface area contributed by atoms with Crippen molar-refractivity contribution in [1.82, 2.24) is 9.29 Å². The third kappa shape index (κ3) is 4.60. The predicted molar refractivity (Wildman–Crippen MR) is 109 cm³/mol. The van der Waals surface area contributed by atoms with Gasteiger partial charge < -0.3 is 14.8 Å². The Labute approximate surface area is 175 Å². The second-order valence-corrected chi connectivity index (χ2v) is 8.61. The summed E-state index contributed by atoms with van der Waals surface area (Å²) in [6.45, 7) is 0.908. The van der Waals surface area contributed by atoms with Crippen LogP contribution < -0.4 is 10.1 Å². The number of esters is 1. The number of nitrogens with zero attached hydrogens (tertiary/aromatic N) is 2. The third-order valence-corrected chi connectivity index (χ3v) is 6.69. The number of rotatable bonds is 6. The van der Waals surface area contributed by atoms with Crippen molar-refractivity contribution in [2.45, 2.75) is 24.2 Å². The van der Waals surface area contributed by atoms with Crippen molar-refractivity contribution < 1.29 is 27.5 Å². The average Bonchev–Trinajstić information content (AvgIpc) is 2.79. The minimum absolute atomic E-state index is 0.00493. The van der Waals surface area contributed by atoms with E-state index in [1.807, 2.05) is 0 Å². The van der Waals surface area contributed by atoms with E-state index in [0.717, 1.165) is 19.3 Å². The molecule has 0 saturated carbocycles. The van der Waals surface area contributed by atoms with Crippen LogP contribution in [-0.2, 0) is 14.8 Å². The van der Waals surface area contributed by atoms with Crippen molar-refractivity contribution in [2.24, 2.45) is 0 Å². The van der Waals surface area contributed by atoms with Gasteiger partial charge in [-0.1, -0.05) is 6.42 Å². The number of hydrogen-bond acceptors (Lipinski definition) is 7. The van der Waals surface area contributed by atoms with Crippen molar-refractivity contribution in [2.75, 3.05) is 32.6 Å². The minimum atomic E-state index is -3.76. The Balaban J connectivity index is 1.88. The molecule has 160 valence electrons. The Morgan fingerprint density at radius 1 is 1.07 bits per heavy atom. The summed E-state index contributed by atoms with van der Waals surface area (Å²) >= 11 is 0. The molecule has 1 aliphatic heterocycles. The molecular weight excluding hydrogens is 410 g/mol. The quantitative estimate of drug-likeness (QED) is 0.695. The summed E-state index contributed by atoms with van der Waals surface area (Å²) in [7, 11) is -1.15. The van der Waals surface area contributed by atoms with Gasteiger partial charge in [0.2, 0.25) is 10.0 Å². The summed E-state index contributed by atoms with van der Waals surface area (Å²) in [5.41, 5.74) is 0.461. The number of methoxy groups -OCH3 is 2. The van der Waals surface area contributed by atoms with Crippen LogP contribution in [0.2, 0.25) is 0 Å². The fourth-order valence-corrected chi connectivity index (χ4v) is 4.89. The minimum Gasteiger partial charge on any atom is -0.495 e. The van der Waals surface area contributed by atoms with Gasteiger partial charge in [0, 0.05) is 30.5 Å². The molecule has 9 nitrogen and oxygen atoms in total. The lowest BCUT2D eigenvalue weighted by molar-refractivity contribution is 0.0594. The van der Waals surface area contributed by atoms with Crippen LogP contribution in [0.3, 0.4) is 0 Å². The van der Waals surface area contributed by atoms with Crippen molar-refractivity contribution >= 4 is 27.6 Å². The smallest absolute Gasteiger partial charge is 0.356 e. The van der Waals surface area contributed by atoms with Gasteiger partial charge >= 0.3 is 5.97 Å². The lowest BCUT2D eigenvalue weighted by atomic mass is 10.2. The van der Waals surface area contributed by atoms with Gasteiger partial charge in [0.25, 0.3) is 5.91 Å². The molecule has 0 spiro atoms. The lowest BCUT2D eigenvalue weighted by Gasteiger charge is -2.26. The molecule has 0 atom stereocenters. The predicted octanol–water partition coefficient (Wildman–Crippen LogP) is 2.30. The van der Waals surface area contributed by atoms with E-state index >= 15 is 0 Å². The van der Waals surface area contributed by atoms with E-state index in [1.54, 1.807) is 6.07 Å². The number of carbonyl (C=O) groups is 2. The van der Waals surface area contributed by atoms with Crippen LogP contribution in [0.4, 0.5) is 5.69 Å². The van der Waals surface area contributed by atoms with Crippen LogP contribution in [0.5, 0.6) is 5.75 Å². The summed E-state index contributed by atoms with van der Waals surface area (Å²) in [5.74, 6) is -0.978. The number of benzene rings is 1. The fourth-order valence-electron chi connectivity index (χ4n) is 3.19. The van der Waals surface area contributed by atoms with E-state index in [0.29, 0.717) is 13.1 Å². The Morgan fingerprint density at radius 3 is 2.47 bits per heavy atom. The maximum atomic E-state index is 13.1. The number of anilines is 1. The zero-order valence-electron chi connectivity index (χ0n) is 16.8. The average molecular weight is 433 g/mol. The number of ether oxygens (including phenoxy) is 2. The topological polar surface area (TPSA) is 115 Å². The molecule has 1 saturated heterocycles. The number of nitrogens with one attached hydrogen (secondary N) is 1. The normalized spacial score (nSPS) is 14.7. The third-order valence-electron chi connectivity index (χ3n) is 4.77. The number of piperidine rings is 1. The summed E-state index contributed by atoms with van der Waals surface area (Å²) < 4.78 is 37.5. The van der Waals surface area contributed by atoms with Crippen molar-refractivity contribution in [3.8, 4) is 5.75 Å². The van der Waals surface area contributed by atoms with E-state index in [1.165, 1.54) is 49.0 Å².